The molecule has 1 aromatic heterocycles. The number of benzene rings is 1. The molecule has 9 heteroatoms. The number of carbonyl (C=O) groups excluding carboxylic acids is 3. The maximum atomic E-state index is 13.2. The van der Waals surface area contributed by atoms with Crippen molar-refractivity contribution in [2.24, 2.45) is 0 Å². The van der Waals surface area contributed by atoms with Crippen LogP contribution in [0.4, 0.5) is 15.4 Å². The first-order chi connectivity index (χ1) is 18.7. The molecule has 0 radical (unpaired) electrons. The molecule has 2 aliphatic rings. The zero-order chi connectivity index (χ0) is 29.2. The molecule has 2 aliphatic carbocycles. The van der Waals surface area contributed by atoms with Gasteiger partial charge in [-0.3, -0.25) is 4.79 Å². The molecule has 2 saturated carbocycles. The van der Waals surface area contributed by atoms with E-state index in [1.54, 1.807) is 26.8 Å². The third-order valence-corrected chi connectivity index (χ3v) is 7.29. The van der Waals surface area contributed by atoms with Gasteiger partial charge in [0.05, 0.1) is 11.6 Å². The fraction of sp³-hybridized carbons (Fsp3) is 0.613. The van der Waals surface area contributed by atoms with Crippen molar-refractivity contribution in [3.05, 3.63) is 47.2 Å². The Morgan fingerprint density at radius 3 is 2.00 bits per heavy atom. The second-order valence-electron chi connectivity index (χ2n) is 13.2. The predicted molar refractivity (Wildman–Crippen MR) is 154 cm³/mol. The summed E-state index contributed by atoms with van der Waals surface area (Å²) in [7, 11) is 0. The Labute approximate surface area is 237 Å². The van der Waals surface area contributed by atoms with E-state index < -0.39 is 23.2 Å². The van der Waals surface area contributed by atoms with Gasteiger partial charge < -0.3 is 20.1 Å². The van der Waals surface area contributed by atoms with Crippen LogP contribution in [-0.2, 0) is 14.3 Å². The summed E-state index contributed by atoms with van der Waals surface area (Å²) >= 11 is 0. The van der Waals surface area contributed by atoms with Gasteiger partial charge in [0, 0.05) is 18.0 Å². The number of carbonyl (C=O) groups is 3. The van der Waals surface area contributed by atoms with Gasteiger partial charge in [-0.25, -0.2) is 9.59 Å². The summed E-state index contributed by atoms with van der Waals surface area (Å²) in [5, 5.41) is 10.3. The van der Waals surface area contributed by atoms with Crippen LogP contribution >= 0.6 is 0 Å². The summed E-state index contributed by atoms with van der Waals surface area (Å²) in [6, 6.07) is 10.1. The molecule has 0 saturated heterocycles. The molecule has 0 spiro atoms. The monoisotopic (exact) mass is 552 g/mol. The van der Waals surface area contributed by atoms with E-state index in [9.17, 15) is 14.4 Å². The first-order valence-corrected chi connectivity index (χ1v) is 14.4. The number of nitrogens with zero attached hydrogens (tertiary/aromatic N) is 2. The van der Waals surface area contributed by atoms with Crippen LogP contribution in [0.5, 0.6) is 0 Å². The number of hydrogen-bond donors (Lipinski definition) is 2. The van der Waals surface area contributed by atoms with Gasteiger partial charge in [0.15, 0.2) is 0 Å². The Hall–Kier alpha value is -3.36. The van der Waals surface area contributed by atoms with E-state index in [1.165, 1.54) is 10.2 Å². The highest BCUT2D eigenvalue weighted by Gasteiger charge is 2.31. The molecule has 1 heterocycles. The number of aromatic nitrogens is 2. The smallest absolute Gasteiger partial charge is 0.437 e. The Bertz CT molecular complexity index is 1210. The molecule has 4 rings (SSSR count). The van der Waals surface area contributed by atoms with Gasteiger partial charge >= 0.3 is 12.2 Å². The van der Waals surface area contributed by atoms with E-state index in [0.29, 0.717) is 17.7 Å². The quantitative estimate of drug-likeness (QED) is 0.406. The molecule has 40 heavy (non-hydrogen) atoms. The fourth-order valence-electron chi connectivity index (χ4n) is 5.00. The number of anilines is 1. The molecule has 1 unspecified atom stereocenters. The average molecular weight is 553 g/mol. The Morgan fingerprint density at radius 1 is 0.875 bits per heavy atom. The van der Waals surface area contributed by atoms with E-state index in [0.717, 1.165) is 49.8 Å². The van der Waals surface area contributed by atoms with E-state index in [1.807, 2.05) is 39.8 Å². The van der Waals surface area contributed by atoms with Crippen molar-refractivity contribution in [2.75, 3.05) is 5.32 Å². The number of alkyl carbamates (subject to hydrolysis) is 1. The molecule has 0 bridgehead atoms. The van der Waals surface area contributed by atoms with Gasteiger partial charge in [-0.2, -0.15) is 5.10 Å². The van der Waals surface area contributed by atoms with Crippen LogP contribution in [0.2, 0.25) is 0 Å². The number of rotatable bonds is 6. The van der Waals surface area contributed by atoms with Gasteiger partial charge in [-0.1, -0.05) is 24.3 Å². The lowest BCUT2D eigenvalue weighted by atomic mass is 9.81. The van der Waals surface area contributed by atoms with Crippen LogP contribution in [0.15, 0.2) is 30.3 Å². The minimum Gasteiger partial charge on any atom is -0.444 e. The van der Waals surface area contributed by atoms with Crippen LogP contribution in [0.25, 0.3) is 0 Å². The van der Waals surface area contributed by atoms with Gasteiger partial charge in [0.25, 0.3) is 0 Å². The first kappa shape index (κ1) is 29.6. The summed E-state index contributed by atoms with van der Waals surface area (Å²) in [5.41, 5.74) is 1.76. The zero-order valence-corrected chi connectivity index (χ0v) is 24.9. The lowest BCUT2D eigenvalue weighted by Crippen LogP contribution is -2.40. The molecule has 0 aliphatic heterocycles. The van der Waals surface area contributed by atoms with Crippen molar-refractivity contribution < 1.29 is 23.9 Å². The molecule has 2 amide bonds. The lowest BCUT2D eigenvalue weighted by Gasteiger charge is -2.30. The maximum Gasteiger partial charge on any atom is 0.437 e. The molecule has 2 aromatic rings. The van der Waals surface area contributed by atoms with Crippen molar-refractivity contribution in [2.45, 2.75) is 122 Å². The third-order valence-electron chi connectivity index (χ3n) is 7.29. The van der Waals surface area contributed by atoms with Crippen molar-refractivity contribution in [3.8, 4) is 0 Å². The summed E-state index contributed by atoms with van der Waals surface area (Å²) in [6.07, 6.45) is 4.86. The second kappa shape index (κ2) is 11.6. The van der Waals surface area contributed by atoms with E-state index in [-0.39, 0.29) is 18.0 Å². The van der Waals surface area contributed by atoms with E-state index >= 15 is 0 Å². The minimum atomic E-state index is -0.674. The molecule has 218 valence electrons. The minimum absolute atomic E-state index is 0.128. The van der Waals surface area contributed by atoms with Crippen molar-refractivity contribution >= 4 is 23.9 Å². The van der Waals surface area contributed by atoms with Crippen molar-refractivity contribution in [1.29, 1.82) is 0 Å². The van der Waals surface area contributed by atoms with Crippen LogP contribution in [-0.4, -0.2) is 45.1 Å². The van der Waals surface area contributed by atoms with Crippen molar-refractivity contribution in [1.82, 2.24) is 15.1 Å². The highest BCUT2D eigenvalue weighted by molar-refractivity contribution is 5.96. The summed E-state index contributed by atoms with van der Waals surface area (Å²) in [6.45, 7) is 12.8. The summed E-state index contributed by atoms with van der Waals surface area (Å²) in [4.78, 5) is 38.1. The molecule has 2 N–H and O–H groups in total. The molecular formula is C31H44N4O5. The van der Waals surface area contributed by atoms with Crippen LogP contribution in [0.1, 0.15) is 122 Å². The SMILES string of the molecule is CC(C(=O)Nc1cc(C2CC2)nn1C(=O)OC(C)(C)C)c1ccc(C2CCC(NC(=O)OC(C)(C)C)CC2)cc1. The Balaban J connectivity index is 1.34. The Morgan fingerprint density at radius 2 is 1.45 bits per heavy atom. The number of ether oxygens (including phenoxy) is 2. The van der Waals surface area contributed by atoms with Crippen molar-refractivity contribution in [3.63, 3.8) is 0 Å². The number of hydrogen-bond acceptors (Lipinski definition) is 6. The maximum absolute atomic E-state index is 13.2. The van der Waals surface area contributed by atoms with Gasteiger partial charge in [0.1, 0.15) is 17.0 Å². The highest BCUT2D eigenvalue weighted by Crippen LogP contribution is 2.40. The zero-order valence-electron chi connectivity index (χ0n) is 24.9. The summed E-state index contributed by atoms with van der Waals surface area (Å²) in [5.74, 6) is 0.440. The first-order valence-electron chi connectivity index (χ1n) is 14.4. The van der Waals surface area contributed by atoms with Crippen LogP contribution in [0, 0.1) is 0 Å². The number of nitrogens with one attached hydrogen (secondary N) is 2. The molecule has 9 nitrogen and oxygen atoms in total. The standard InChI is InChI=1S/C31H44N4O5/c1-19(27(36)33-26-18-25(23-12-13-23)34-35(26)29(38)40-31(5,6)7)20-8-10-21(11-9-20)22-14-16-24(17-15-22)32-28(37)39-30(2,3)4/h8-11,18-19,22-24H,12-17H2,1-7H3,(H,32,37)(H,33,36). The van der Waals surface area contributed by atoms with E-state index in [4.69, 9.17) is 9.47 Å². The lowest BCUT2D eigenvalue weighted by molar-refractivity contribution is -0.117. The number of amides is 2. The molecule has 1 atom stereocenters. The van der Waals surface area contributed by atoms with Gasteiger partial charge in [-0.15, -0.1) is 4.68 Å². The van der Waals surface area contributed by atoms with E-state index in [2.05, 4.69) is 27.9 Å². The third kappa shape index (κ3) is 8.08. The topological polar surface area (TPSA) is 112 Å². The molecule has 1 aromatic carbocycles. The Kier molecular flexibility index (Phi) is 8.61. The predicted octanol–water partition coefficient (Wildman–Crippen LogP) is 6.84. The normalized spacial score (nSPS) is 20.4. The average Bonchev–Trinajstić information content (AvgIpc) is 3.62. The fourth-order valence-corrected chi connectivity index (χ4v) is 5.00. The van der Waals surface area contributed by atoms with Gasteiger partial charge in [-0.05, 0) is 104 Å². The molecule has 2 fully saturated rings. The van der Waals surface area contributed by atoms with Crippen LogP contribution < -0.4 is 10.6 Å². The summed E-state index contributed by atoms with van der Waals surface area (Å²) < 4.78 is 12.1. The second-order valence-corrected chi connectivity index (χ2v) is 13.2. The van der Waals surface area contributed by atoms with Crippen LogP contribution in [0.3, 0.4) is 0 Å². The molecular weight excluding hydrogens is 508 g/mol. The highest BCUT2D eigenvalue weighted by atomic mass is 16.6. The van der Waals surface area contributed by atoms with Gasteiger partial charge in [0.2, 0.25) is 5.91 Å². The largest absolute Gasteiger partial charge is 0.444 e.